The van der Waals surface area contributed by atoms with E-state index >= 15 is 0 Å². The van der Waals surface area contributed by atoms with E-state index in [9.17, 15) is 4.79 Å². The number of allylic oxidation sites excluding steroid dienone is 1. The minimum Gasteiger partial charge on any atom is -0.405 e. The fraction of sp³-hybridized carbons (Fsp3) is 0.294. The molecule has 20 heavy (non-hydrogen) atoms. The van der Waals surface area contributed by atoms with Gasteiger partial charge in [-0.25, -0.2) is 9.79 Å². The predicted molar refractivity (Wildman–Crippen MR) is 79.3 cm³/mol. The van der Waals surface area contributed by atoms with Crippen molar-refractivity contribution >= 4 is 11.9 Å². The molecule has 3 heteroatoms. The highest BCUT2D eigenvalue weighted by atomic mass is 16.6. The Balaban J connectivity index is 2.23. The number of cyclic esters (lactones) is 1. The molecule has 0 spiro atoms. The molecule has 0 saturated heterocycles. The summed E-state index contributed by atoms with van der Waals surface area (Å²) in [4.78, 5) is 16.5. The number of nitrogens with zero attached hydrogens (tertiary/aromatic N) is 1. The van der Waals surface area contributed by atoms with Gasteiger partial charge >= 0.3 is 5.97 Å². The number of benzene rings is 1. The Bertz CT molecular complexity index is 632. The zero-order valence-corrected chi connectivity index (χ0v) is 11.9. The summed E-state index contributed by atoms with van der Waals surface area (Å²) in [5.74, 6) is 5.87. The SMILES string of the molecule is CC#C/C(C)=C\CC1(C)N=C(c2ccccc2)OC1=O. The van der Waals surface area contributed by atoms with Crippen molar-refractivity contribution in [2.75, 3.05) is 0 Å². The molecule has 1 unspecified atom stereocenters. The van der Waals surface area contributed by atoms with Crippen LogP contribution in [0, 0.1) is 11.8 Å². The maximum atomic E-state index is 12.0. The van der Waals surface area contributed by atoms with Crippen molar-refractivity contribution in [2.45, 2.75) is 32.7 Å². The molecular formula is C17H17NO2. The van der Waals surface area contributed by atoms with E-state index in [0.29, 0.717) is 12.3 Å². The van der Waals surface area contributed by atoms with Crippen LogP contribution < -0.4 is 0 Å². The summed E-state index contributed by atoms with van der Waals surface area (Å²) in [6.45, 7) is 5.49. The van der Waals surface area contributed by atoms with Crippen LogP contribution in [0.5, 0.6) is 0 Å². The van der Waals surface area contributed by atoms with E-state index in [-0.39, 0.29) is 5.97 Å². The lowest BCUT2D eigenvalue weighted by atomic mass is 9.98. The molecule has 1 aliphatic heterocycles. The van der Waals surface area contributed by atoms with Crippen molar-refractivity contribution in [3.63, 3.8) is 0 Å². The average molecular weight is 267 g/mol. The Labute approximate surface area is 119 Å². The summed E-state index contributed by atoms with van der Waals surface area (Å²) >= 11 is 0. The van der Waals surface area contributed by atoms with E-state index in [1.54, 1.807) is 13.8 Å². The highest BCUT2D eigenvalue weighted by Gasteiger charge is 2.41. The Kier molecular flexibility index (Phi) is 4.05. The van der Waals surface area contributed by atoms with Crippen LogP contribution in [0.15, 0.2) is 47.0 Å². The molecule has 0 bridgehead atoms. The number of carbonyl (C=O) groups is 1. The molecule has 0 N–H and O–H groups in total. The number of esters is 1. The highest BCUT2D eigenvalue weighted by Crippen LogP contribution is 2.27. The van der Waals surface area contributed by atoms with E-state index in [4.69, 9.17) is 4.74 Å². The first-order valence-electron chi connectivity index (χ1n) is 6.52. The largest absolute Gasteiger partial charge is 0.405 e. The van der Waals surface area contributed by atoms with E-state index in [2.05, 4.69) is 16.8 Å². The molecule has 1 aromatic rings. The normalized spacial score (nSPS) is 21.9. The van der Waals surface area contributed by atoms with Gasteiger partial charge in [0.25, 0.3) is 0 Å². The number of hydrogen-bond donors (Lipinski definition) is 0. The van der Waals surface area contributed by atoms with Crippen LogP contribution in [0.1, 0.15) is 32.8 Å². The molecule has 102 valence electrons. The van der Waals surface area contributed by atoms with Crippen molar-refractivity contribution in [2.24, 2.45) is 4.99 Å². The van der Waals surface area contributed by atoms with Crippen LogP contribution >= 0.6 is 0 Å². The number of ether oxygens (including phenoxy) is 1. The van der Waals surface area contributed by atoms with E-state index in [0.717, 1.165) is 11.1 Å². The number of carbonyl (C=O) groups excluding carboxylic acids is 1. The molecule has 3 nitrogen and oxygen atoms in total. The lowest BCUT2D eigenvalue weighted by Gasteiger charge is -2.12. The first-order chi connectivity index (χ1) is 9.55. The van der Waals surface area contributed by atoms with Gasteiger partial charge in [0.05, 0.1) is 0 Å². The van der Waals surface area contributed by atoms with Gasteiger partial charge in [-0.15, -0.1) is 5.92 Å². The van der Waals surface area contributed by atoms with Crippen LogP contribution in [0.2, 0.25) is 0 Å². The van der Waals surface area contributed by atoms with Crippen LogP contribution in [-0.2, 0) is 9.53 Å². The molecule has 0 radical (unpaired) electrons. The number of aliphatic imine (C=N–C) groups is 1. The molecule has 1 aliphatic rings. The molecule has 0 fully saturated rings. The van der Waals surface area contributed by atoms with Crippen LogP contribution in [0.4, 0.5) is 0 Å². The maximum absolute atomic E-state index is 12.0. The van der Waals surface area contributed by atoms with E-state index in [1.807, 2.05) is 43.3 Å². The molecule has 0 aliphatic carbocycles. The molecular weight excluding hydrogens is 250 g/mol. The van der Waals surface area contributed by atoms with Crippen molar-refractivity contribution in [3.05, 3.63) is 47.5 Å². The van der Waals surface area contributed by atoms with Gasteiger partial charge in [0.1, 0.15) is 0 Å². The molecule has 0 amide bonds. The second-order valence-corrected chi connectivity index (χ2v) is 4.91. The van der Waals surface area contributed by atoms with Gasteiger partial charge in [0, 0.05) is 12.0 Å². The number of rotatable bonds is 3. The molecule has 1 aromatic carbocycles. The van der Waals surface area contributed by atoms with Crippen LogP contribution in [0.3, 0.4) is 0 Å². The lowest BCUT2D eigenvalue weighted by molar-refractivity contribution is -0.138. The highest BCUT2D eigenvalue weighted by molar-refractivity contribution is 6.07. The summed E-state index contributed by atoms with van der Waals surface area (Å²) in [7, 11) is 0. The Morgan fingerprint density at radius 3 is 2.75 bits per heavy atom. The van der Waals surface area contributed by atoms with E-state index < -0.39 is 5.54 Å². The van der Waals surface area contributed by atoms with Crippen molar-refractivity contribution in [1.29, 1.82) is 0 Å². The molecule has 2 rings (SSSR count). The van der Waals surface area contributed by atoms with Gasteiger partial charge in [0.2, 0.25) is 5.90 Å². The quantitative estimate of drug-likeness (QED) is 0.623. The zero-order valence-electron chi connectivity index (χ0n) is 11.9. The molecule has 0 aromatic heterocycles. The zero-order chi connectivity index (χ0) is 14.6. The summed E-state index contributed by atoms with van der Waals surface area (Å²) in [5, 5.41) is 0. The van der Waals surface area contributed by atoms with Gasteiger partial charge in [0.15, 0.2) is 5.54 Å². The third-order valence-corrected chi connectivity index (χ3v) is 3.13. The lowest BCUT2D eigenvalue weighted by Crippen LogP contribution is -2.29. The van der Waals surface area contributed by atoms with Gasteiger partial charge in [-0.1, -0.05) is 30.2 Å². The molecule has 0 saturated carbocycles. The number of hydrogen-bond acceptors (Lipinski definition) is 3. The first kappa shape index (κ1) is 14.1. The van der Waals surface area contributed by atoms with Crippen LogP contribution in [0.25, 0.3) is 0 Å². The van der Waals surface area contributed by atoms with Gasteiger partial charge in [-0.2, -0.15) is 0 Å². The predicted octanol–water partition coefficient (Wildman–Crippen LogP) is 3.11. The second kappa shape index (κ2) is 5.75. The maximum Gasteiger partial charge on any atom is 0.340 e. The van der Waals surface area contributed by atoms with Gasteiger partial charge < -0.3 is 4.74 Å². The van der Waals surface area contributed by atoms with Crippen molar-refractivity contribution in [1.82, 2.24) is 0 Å². The average Bonchev–Trinajstić information content (AvgIpc) is 2.75. The third-order valence-electron chi connectivity index (χ3n) is 3.13. The first-order valence-corrected chi connectivity index (χ1v) is 6.52. The van der Waals surface area contributed by atoms with Gasteiger partial charge in [-0.3, -0.25) is 0 Å². The molecule has 1 heterocycles. The van der Waals surface area contributed by atoms with Crippen molar-refractivity contribution in [3.8, 4) is 11.8 Å². The van der Waals surface area contributed by atoms with E-state index in [1.165, 1.54) is 0 Å². The Hall–Kier alpha value is -2.34. The fourth-order valence-electron chi connectivity index (χ4n) is 1.92. The van der Waals surface area contributed by atoms with Gasteiger partial charge in [-0.05, 0) is 38.5 Å². The molecule has 1 atom stereocenters. The summed E-state index contributed by atoms with van der Waals surface area (Å²) < 4.78 is 5.30. The van der Waals surface area contributed by atoms with Crippen LogP contribution in [-0.4, -0.2) is 17.4 Å². The standard InChI is InChI=1S/C17H17NO2/c1-4-8-13(2)11-12-17(3)16(19)20-15(18-17)14-9-6-5-7-10-14/h5-7,9-11H,12H2,1-3H3/b13-11-. The Morgan fingerprint density at radius 1 is 1.40 bits per heavy atom. The fourth-order valence-corrected chi connectivity index (χ4v) is 1.92. The minimum atomic E-state index is -0.859. The summed E-state index contributed by atoms with van der Waals surface area (Å²) in [5.41, 5.74) is 0.894. The second-order valence-electron chi connectivity index (χ2n) is 4.91. The van der Waals surface area contributed by atoms with Crippen molar-refractivity contribution < 1.29 is 9.53 Å². The summed E-state index contributed by atoms with van der Waals surface area (Å²) in [6.07, 6.45) is 2.41. The Morgan fingerprint density at radius 2 is 2.10 bits per heavy atom. The minimum absolute atomic E-state index is 0.315. The monoisotopic (exact) mass is 267 g/mol. The topological polar surface area (TPSA) is 38.7 Å². The smallest absolute Gasteiger partial charge is 0.340 e. The summed E-state index contributed by atoms with van der Waals surface area (Å²) in [6, 6.07) is 9.45. The third kappa shape index (κ3) is 2.97.